The van der Waals surface area contributed by atoms with Crippen LogP contribution in [0.4, 0.5) is 10.5 Å². The molecule has 0 bridgehead atoms. The second kappa shape index (κ2) is 7.77. The minimum absolute atomic E-state index is 0.144. The molecule has 1 saturated heterocycles. The number of anilines is 1. The zero-order chi connectivity index (χ0) is 16.9. The fourth-order valence-corrected chi connectivity index (χ4v) is 2.88. The van der Waals surface area contributed by atoms with E-state index in [1.165, 1.54) is 12.8 Å². The molecule has 2 amide bonds. The van der Waals surface area contributed by atoms with E-state index >= 15 is 0 Å². The van der Waals surface area contributed by atoms with Gasteiger partial charge in [0.15, 0.2) is 0 Å². The molecule has 5 heteroatoms. The number of rotatable bonds is 5. The molecule has 1 aromatic rings. The summed E-state index contributed by atoms with van der Waals surface area (Å²) in [5, 5.41) is 5.84. The molecule has 23 heavy (non-hydrogen) atoms. The highest BCUT2D eigenvalue weighted by atomic mass is 16.2. The number of nitrogens with one attached hydrogen (secondary N) is 2. The molecule has 2 rings (SSSR count). The lowest BCUT2D eigenvalue weighted by Gasteiger charge is -2.36. The van der Waals surface area contributed by atoms with Gasteiger partial charge in [0.1, 0.15) is 0 Å². The Bertz CT molecular complexity index is 532. The smallest absolute Gasteiger partial charge is 0.319 e. The van der Waals surface area contributed by atoms with E-state index in [0.29, 0.717) is 12.0 Å². The van der Waals surface area contributed by atoms with E-state index in [2.05, 4.69) is 41.3 Å². The summed E-state index contributed by atoms with van der Waals surface area (Å²) in [5.74, 6) is 0. The Morgan fingerprint density at radius 3 is 2.65 bits per heavy atom. The fraction of sp³-hybridized carbons (Fsp3) is 0.667. The Morgan fingerprint density at radius 2 is 2.00 bits per heavy atom. The highest BCUT2D eigenvalue weighted by Crippen LogP contribution is 2.29. The lowest BCUT2D eigenvalue weighted by Crippen LogP contribution is -2.42. The SMILES string of the molecule is CCc1cc(NC(=O)NCCN2CCC(C)(C)CC2)cc(C)n1. The van der Waals surface area contributed by atoms with Crippen molar-refractivity contribution in [2.75, 3.05) is 31.5 Å². The third kappa shape index (κ3) is 5.82. The van der Waals surface area contributed by atoms with Gasteiger partial charge in [0, 0.05) is 30.2 Å². The largest absolute Gasteiger partial charge is 0.337 e. The van der Waals surface area contributed by atoms with E-state index < -0.39 is 0 Å². The average molecular weight is 318 g/mol. The number of amides is 2. The molecule has 0 aromatic carbocycles. The highest BCUT2D eigenvalue weighted by Gasteiger charge is 2.24. The lowest BCUT2D eigenvalue weighted by molar-refractivity contribution is 0.134. The van der Waals surface area contributed by atoms with E-state index in [4.69, 9.17) is 0 Å². The Morgan fingerprint density at radius 1 is 1.30 bits per heavy atom. The summed E-state index contributed by atoms with van der Waals surface area (Å²) in [4.78, 5) is 18.9. The molecule has 0 atom stereocenters. The van der Waals surface area contributed by atoms with Gasteiger partial charge >= 0.3 is 6.03 Å². The van der Waals surface area contributed by atoms with Crippen molar-refractivity contribution in [1.29, 1.82) is 0 Å². The number of aromatic nitrogens is 1. The van der Waals surface area contributed by atoms with Crippen LogP contribution in [-0.2, 0) is 6.42 Å². The summed E-state index contributed by atoms with van der Waals surface area (Å²) in [6, 6.07) is 3.68. The van der Waals surface area contributed by atoms with Crippen LogP contribution in [0.2, 0.25) is 0 Å². The first-order valence-corrected chi connectivity index (χ1v) is 8.63. The quantitative estimate of drug-likeness (QED) is 0.876. The number of carbonyl (C=O) groups is 1. The molecule has 1 aliphatic heterocycles. The maximum absolute atomic E-state index is 12.0. The van der Waals surface area contributed by atoms with Gasteiger partial charge in [0.05, 0.1) is 0 Å². The summed E-state index contributed by atoms with van der Waals surface area (Å²) in [5.41, 5.74) is 3.20. The highest BCUT2D eigenvalue weighted by molar-refractivity contribution is 5.89. The average Bonchev–Trinajstić information content (AvgIpc) is 2.48. The number of likely N-dealkylation sites (tertiary alicyclic amines) is 1. The number of pyridine rings is 1. The maximum Gasteiger partial charge on any atom is 0.319 e. The van der Waals surface area contributed by atoms with Gasteiger partial charge in [-0.15, -0.1) is 0 Å². The molecule has 0 saturated carbocycles. The minimum Gasteiger partial charge on any atom is -0.337 e. The van der Waals surface area contributed by atoms with E-state index in [-0.39, 0.29) is 6.03 Å². The van der Waals surface area contributed by atoms with Crippen molar-refractivity contribution in [3.8, 4) is 0 Å². The first-order chi connectivity index (χ1) is 10.9. The van der Waals surface area contributed by atoms with Gasteiger partial charge in [-0.3, -0.25) is 4.98 Å². The number of urea groups is 1. The molecule has 1 aliphatic rings. The van der Waals surface area contributed by atoms with Crippen molar-refractivity contribution in [3.63, 3.8) is 0 Å². The van der Waals surface area contributed by atoms with Crippen LogP contribution in [0.25, 0.3) is 0 Å². The molecule has 2 heterocycles. The molecule has 5 nitrogen and oxygen atoms in total. The van der Waals surface area contributed by atoms with Crippen LogP contribution < -0.4 is 10.6 Å². The Balaban J connectivity index is 1.72. The lowest BCUT2D eigenvalue weighted by atomic mass is 9.83. The van der Waals surface area contributed by atoms with Gasteiger partial charge in [-0.2, -0.15) is 0 Å². The number of piperidine rings is 1. The molecule has 1 fully saturated rings. The predicted molar refractivity (Wildman–Crippen MR) is 94.8 cm³/mol. The van der Waals surface area contributed by atoms with Gasteiger partial charge in [-0.1, -0.05) is 20.8 Å². The second-order valence-corrected chi connectivity index (χ2v) is 7.23. The van der Waals surface area contributed by atoms with Gasteiger partial charge in [0.25, 0.3) is 0 Å². The van der Waals surface area contributed by atoms with Gasteiger partial charge in [0.2, 0.25) is 0 Å². The van der Waals surface area contributed by atoms with Crippen molar-refractivity contribution >= 4 is 11.7 Å². The molecule has 0 unspecified atom stereocenters. The van der Waals surface area contributed by atoms with E-state index in [9.17, 15) is 4.79 Å². The Hall–Kier alpha value is -1.62. The molecular formula is C18H30N4O. The molecule has 0 aliphatic carbocycles. The zero-order valence-electron chi connectivity index (χ0n) is 14.9. The standard InChI is InChI=1S/C18H30N4O/c1-5-15-13-16(12-14(2)20-15)21-17(23)19-8-11-22-9-6-18(3,4)7-10-22/h12-13H,5-11H2,1-4H3,(H2,19,20,21,23). The first kappa shape index (κ1) is 17.7. The molecule has 2 N–H and O–H groups in total. The Labute approximate surface area is 139 Å². The van der Waals surface area contributed by atoms with Crippen LogP contribution in [0.5, 0.6) is 0 Å². The summed E-state index contributed by atoms with van der Waals surface area (Å²) < 4.78 is 0. The molecule has 0 radical (unpaired) electrons. The fourth-order valence-electron chi connectivity index (χ4n) is 2.88. The van der Waals surface area contributed by atoms with E-state index in [1.54, 1.807) is 0 Å². The molecule has 1 aromatic heterocycles. The summed E-state index contributed by atoms with van der Waals surface area (Å²) >= 11 is 0. The van der Waals surface area contributed by atoms with Gasteiger partial charge < -0.3 is 15.5 Å². The normalized spacial score (nSPS) is 17.7. The third-order valence-electron chi connectivity index (χ3n) is 4.55. The number of aryl methyl sites for hydroxylation is 2. The summed E-state index contributed by atoms with van der Waals surface area (Å²) in [7, 11) is 0. The monoisotopic (exact) mass is 318 g/mol. The summed E-state index contributed by atoms with van der Waals surface area (Å²) in [6.45, 7) is 12.5. The third-order valence-corrected chi connectivity index (χ3v) is 4.55. The van der Waals surface area contributed by atoms with E-state index in [1.807, 2.05) is 19.1 Å². The number of hydrogen-bond acceptors (Lipinski definition) is 3. The topological polar surface area (TPSA) is 57.3 Å². The van der Waals surface area contributed by atoms with Crippen LogP contribution in [0.3, 0.4) is 0 Å². The molecular weight excluding hydrogens is 288 g/mol. The van der Waals surface area contributed by atoms with Crippen molar-refractivity contribution < 1.29 is 4.79 Å². The van der Waals surface area contributed by atoms with Gasteiger partial charge in [-0.05, 0) is 56.8 Å². The van der Waals surface area contributed by atoms with Crippen LogP contribution in [0.15, 0.2) is 12.1 Å². The molecule has 0 spiro atoms. The first-order valence-electron chi connectivity index (χ1n) is 8.63. The number of nitrogens with zero attached hydrogens (tertiary/aromatic N) is 2. The van der Waals surface area contributed by atoms with E-state index in [0.717, 1.165) is 43.1 Å². The number of hydrogen-bond donors (Lipinski definition) is 2. The van der Waals surface area contributed by atoms with Gasteiger partial charge in [-0.25, -0.2) is 4.79 Å². The second-order valence-electron chi connectivity index (χ2n) is 7.23. The zero-order valence-corrected chi connectivity index (χ0v) is 14.9. The van der Waals surface area contributed by atoms with Crippen molar-refractivity contribution in [1.82, 2.24) is 15.2 Å². The van der Waals surface area contributed by atoms with Crippen LogP contribution >= 0.6 is 0 Å². The molecule has 128 valence electrons. The van der Waals surface area contributed by atoms with Crippen molar-refractivity contribution in [2.45, 2.75) is 47.0 Å². The van der Waals surface area contributed by atoms with Crippen LogP contribution in [0, 0.1) is 12.3 Å². The van der Waals surface area contributed by atoms with Crippen molar-refractivity contribution in [2.24, 2.45) is 5.41 Å². The minimum atomic E-state index is -0.144. The van der Waals surface area contributed by atoms with Crippen molar-refractivity contribution in [3.05, 3.63) is 23.5 Å². The summed E-state index contributed by atoms with van der Waals surface area (Å²) in [6.07, 6.45) is 3.33. The van der Waals surface area contributed by atoms with Crippen LogP contribution in [-0.4, -0.2) is 42.1 Å². The van der Waals surface area contributed by atoms with Crippen LogP contribution in [0.1, 0.15) is 45.0 Å². The number of carbonyl (C=O) groups excluding carboxylic acids is 1. The maximum atomic E-state index is 12.0. The predicted octanol–water partition coefficient (Wildman–Crippen LogP) is 3.20. The Kier molecular flexibility index (Phi) is 5.99.